The number of rotatable bonds is 10. The average Bonchev–Trinajstić information content (AvgIpc) is 3.60. The van der Waals surface area contributed by atoms with Crippen LogP contribution in [-0.4, -0.2) is 45.9 Å². The van der Waals surface area contributed by atoms with Crippen LogP contribution in [0.25, 0.3) is 32.7 Å². The third kappa shape index (κ3) is 7.41. The Balaban J connectivity index is 1.02. The molecule has 0 heterocycles. The zero-order chi connectivity index (χ0) is 44.6. The van der Waals surface area contributed by atoms with Gasteiger partial charge in [-0.15, -0.1) is 10.2 Å². The van der Waals surface area contributed by atoms with Crippen molar-refractivity contribution in [3.63, 3.8) is 0 Å². The summed E-state index contributed by atoms with van der Waals surface area (Å²) in [5.41, 5.74) is 7.01. The van der Waals surface area contributed by atoms with E-state index in [4.69, 9.17) is 21.1 Å². The topological polar surface area (TPSA) is 126 Å². The van der Waals surface area contributed by atoms with Crippen molar-refractivity contribution in [1.29, 1.82) is 0 Å². The molecule has 0 N–H and O–H groups in total. The number of anilines is 2. The highest BCUT2D eigenvalue weighted by atomic mass is 35.5. The number of carbonyl (C=O) groups is 3. The predicted molar refractivity (Wildman–Crippen MR) is 253 cm³/mol. The molecule has 0 bridgehead atoms. The monoisotopic (exact) mass is 862 g/mol. The fourth-order valence-electron chi connectivity index (χ4n) is 8.02. The molecule has 0 atom stereocenters. The third-order valence-electron chi connectivity index (χ3n) is 11.4. The van der Waals surface area contributed by atoms with E-state index < -0.39 is 0 Å². The number of hydrogen-bond donors (Lipinski definition) is 0. The standard InChI is InChI=1S/C52H39ClN6O5/c1-30-18-22-35(23-19-30)58(2)51(61)42-26-31-12-6-8-14-36(31)46(49(42)63-4)56-54-33-20-24-38-39-25-21-34(29-41(39)48(60)40(38)28-33)55-57-47-37-15-9-7-13-32(37)27-43(50(47)64-5)52(62)59(3)45-17-11-10-16-44(45)53/h6-29H,1-5H3. The highest BCUT2D eigenvalue weighted by molar-refractivity contribution is 6.34. The van der Waals surface area contributed by atoms with Crippen LogP contribution in [0, 0.1) is 6.92 Å². The molecule has 64 heavy (non-hydrogen) atoms. The van der Waals surface area contributed by atoms with Gasteiger partial charge in [0, 0.05) is 41.7 Å². The number of carbonyl (C=O) groups excluding carboxylic acids is 3. The van der Waals surface area contributed by atoms with E-state index in [0.29, 0.717) is 50.1 Å². The molecule has 0 unspecified atom stereocenters. The molecular formula is C52H39ClN6O5. The first kappa shape index (κ1) is 41.3. The van der Waals surface area contributed by atoms with Gasteiger partial charge in [0.25, 0.3) is 11.8 Å². The van der Waals surface area contributed by atoms with E-state index in [9.17, 15) is 14.4 Å². The van der Waals surface area contributed by atoms with Crippen molar-refractivity contribution >= 4 is 84.9 Å². The lowest BCUT2D eigenvalue weighted by molar-refractivity contribution is 0.0982. The summed E-state index contributed by atoms with van der Waals surface area (Å²) in [5.74, 6) is -0.282. The molecule has 8 aromatic carbocycles. The number of methoxy groups -OCH3 is 2. The maximum absolute atomic E-state index is 14.1. The molecule has 0 spiro atoms. The summed E-state index contributed by atoms with van der Waals surface area (Å²) < 4.78 is 11.7. The molecular weight excluding hydrogens is 824 g/mol. The fraction of sp³-hybridized carbons (Fsp3) is 0.0962. The number of para-hydroxylation sites is 1. The van der Waals surface area contributed by atoms with E-state index >= 15 is 0 Å². The Bertz CT molecular complexity index is 3270. The van der Waals surface area contributed by atoms with E-state index in [0.717, 1.165) is 43.9 Å². The molecule has 0 saturated heterocycles. The van der Waals surface area contributed by atoms with Crippen LogP contribution in [0.4, 0.5) is 34.1 Å². The number of ketones is 1. The fourth-order valence-corrected chi connectivity index (χ4v) is 8.29. The van der Waals surface area contributed by atoms with Crippen LogP contribution >= 0.6 is 11.6 Å². The number of amides is 2. The second kappa shape index (κ2) is 17.0. The first-order valence-corrected chi connectivity index (χ1v) is 20.7. The number of benzene rings is 8. The summed E-state index contributed by atoms with van der Waals surface area (Å²) in [6.07, 6.45) is 0. The van der Waals surface area contributed by atoms with Crippen molar-refractivity contribution in [1.82, 2.24) is 0 Å². The van der Waals surface area contributed by atoms with Crippen LogP contribution < -0.4 is 19.3 Å². The molecule has 8 aromatic rings. The molecule has 12 heteroatoms. The molecule has 2 amide bonds. The van der Waals surface area contributed by atoms with Crippen LogP contribution in [0.15, 0.2) is 166 Å². The molecule has 0 saturated carbocycles. The van der Waals surface area contributed by atoms with Gasteiger partial charge >= 0.3 is 0 Å². The highest BCUT2D eigenvalue weighted by Gasteiger charge is 2.29. The Morgan fingerprint density at radius 3 is 1.50 bits per heavy atom. The molecule has 314 valence electrons. The van der Waals surface area contributed by atoms with Gasteiger partial charge < -0.3 is 19.3 Å². The van der Waals surface area contributed by atoms with Gasteiger partial charge in [0.05, 0.1) is 47.4 Å². The number of fused-ring (bicyclic) bond motifs is 5. The summed E-state index contributed by atoms with van der Waals surface area (Å²) in [6.45, 7) is 1.99. The van der Waals surface area contributed by atoms with Crippen molar-refractivity contribution in [2.24, 2.45) is 20.5 Å². The second-order valence-corrected chi connectivity index (χ2v) is 15.7. The maximum atomic E-state index is 14.1. The van der Waals surface area contributed by atoms with Crippen LogP contribution in [0.1, 0.15) is 42.2 Å². The summed E-state index contributed by atoms with van der Waals surface area (Å²) in [6, 6.07) is 44.2. The Hall–Kier alpha value is -8.02. The van der Waals surface area contributed by atoms with Crippen LogP contribution in [-0.2, 0) is 0 Å². The van der Waals surface area contributed by atoms with Gasteiger partial charge in [-0.3, -0.25) is 14.4 Å². The van der Waals surface area contributed by atoms with Crippen LogP contribution in [0.2, 0.25) is 5.02 Å². The van der Waals surface area contributed by atoms with Crippen molar-refractivity contribution < 1.29 is 23.9 Å². The number of ether oxygens (including phenoxy) is 2. The number of aryl methyl sites for hydroxylation is 1. The minimum Gasteiger partial charge on any atom is -0.494 e. The van der Waals surface area contributed by atoms with Crippen molar-refractivity contribution in [2.45, 2.75) is 6.92 Å². The summed E-state index contributed by atoms with van der Waals surface area (Å²) in [5, 5.41) is 21.9. The van der Waals surface area contributed by atoms with Crippen molar-refractivity contribution in [3.05, 3.63) is 178 Å². The number of hydrogen-bond acceptors (Lipinski definition) is 9. The van der Waals surface area contributed by atoms with Crippen molar-refractivity contribution in [3.8, 4) is 22.6 Å². The molecule has 0 aliphatic heterocycles. The first-order chi connectivity index (χ1) is 31.1. The molecule has 0 radical (unpaired) electrons. The largest absolute Gasteiger partial charge is 0.494 e. The van der Waals surface area contributed by atoms with Gasteiger partial charge in [-0.1, -0.05) is 102 Å². The molecule has 1 aliphatic rings. The van der Waals surface area contributed by atoms with E-state index in [1.54, 1.807) is 73.6 Å². The summed E-state index contributed by atoms with van der Waals surface area (Å²) in [4.78, 5) is 45.1. The van der Waals surface area contributed by atoms with Crippen molar-refractivity contribution in [2.75, 3.05) is 38.1 Å². The Labute approximate surface area is 373 Å². The normalized spacial score (nSPS) is 11.9. The molecule has 1 aliphatic carbocycles. The molecule has 0 aromatic heterocycles. The first-order valence-electron chi connectivity index (χ1n) is 20.3. The Morgan fingerprint density at radius 1 is 0.531 bits per heavy atom. The van der Waals surface area contributed by atoms with Crippen LogP contribution in [0.5, 0.6) is 11.5 Å². The van der Waals surface area contributed by atoms with Gasteiger partial charge in [0.2, 0.25) is 0 Å². The molecule has 11 nitrogen and oxygen atoms in total. The second-order valence-electron chi connectivity index (χ2n) is 15.3. The highest BCUT2D eigenvalue weighted by Crippen LogP contribution is 2.45. The Morgan fingerprint density at radius 2 is 1.00 bits per heavy atom. The molecule has 0 fully saturated rings. The van der Waals surface area contributed by atoms with E-state index in [1.807, 2.05) is 97.9 Å². The van der Waals surface area contributed by atoms with Gasteiger partial charge in [0.1, 0.15) is 11.4 Å². The summed E-state index contributed by atoms with van der Waals surface area (Å²) in [7, 11) is 6.36. The van der Waals surface area contributed by atoms with Crippen LogP contribution in [0.3, 0.4) is 0 Å². The third-order valence-corrected chi connectivity index (χ3v) is 11.7. The van der Waals surface area contributed by atoms with E-state index in [2.05, 4.69) is 20.5 Å². The zero-order valence-electron chi connectivity index (χ0n) is 35.5. The SMILES string of the molecule is COc1c(C(=O)N(C)c2ccc(C)cc2)cc2ccccc2c1N=Nc1ccc2c(c1)C(=O)c1cc(N=Nc3c(OC)c(C(=O)N(C)c4ccccc4Cl)cc4ccccc34)ccc1-2. The lowest BCUT2D eigenvalue weighted by Gasteiger charge is -2.21. The van der Waals surface area contributed by atoms with Gasteiger partial charge in [0.15, 0.2) is 17.3 Å². The van der Waals surface area contributed by atoms with Gasteiger partial charge in [-0.25, -0.2) is 0 Å². The number of nitrogens with zero attached hydrogens (tertiary/aromatic N) is 6. The zero-order valence-corrected chi connectivity index (χ0v) is 36.2. The number of azo groups is 2. The predicted octanol–water partition coefficient (Wildman–Crippen LogP) is 13.6. The molecule has 9 rings (SSSR count). The average molecular weight is 863 g/mol. The quantitative estimate of drug-likeness (QED) is 0.127. The van der Waals surface area contributed by atoms with Gasteiger partial charge in [-0.05, 0) is 89.5 Å². The Kier molecular flexibility index (Phi) is 11.0. The van der Waals surface area contributed by atoms with E-state index in [1.165, 1.54) is 19.1 Å². The summed E-state index contributed by atoms with van der Waals surface area (Å²) >= 11 is 6.45. The van der Waals surface area contributed by atoms with E-state index in [-0.39, 0.29) is 34.7 Å². The maximum Gasteiger partial charge on any atom is 0.261 e. The van der Waals surface area contributed by atoms with Gasteiger partial charge in [-0.2, -0.15) is 10.2 Å². The number of halogens is 1. The lowest BCUT2D eigenvalue weighted by Crippen LogP contribution is -2.27. The lowest BCUT2D eigenvalue weighted by atomic mass is 10.0. The minimum atomic E-state index is -0.343. The smallest absolute Gasteiger partial charge is 0.261 e. The minimum absolute atomic E-state index is 0.202.